The number of carbonyl (C=O) groups excluding carboxylic acids is 1. The third-order valence-corrected chi connectivity index (χ3v) is 4.40. The molecule has 2 aliphatic rings. The van der Waals surface area contributed by atoms with E-state index in [1.165, 1.54) is 0 Å². The molecule has 1 aliphatic heterocycles. The fraction of sp³-hybridized carbons (Fsp3) is 0.364. The van der Waals surface area contributed by atoms with Crippen molar-refractivity contribution in [1.82, 2.24) is 0 Å². The van der Waals surface area contributed by atoms with Crippen molar-refractivity contribution in [2.24, 2.45) is 0 Å². The Kier molecular flexibility index (Phi) is 2.30. The molecule has 5 heteroatoms. The number of ether oxygens (including phenoxy) is 2. The van der Waals surface area contributed by atoms with Gasteiger partial charge in [-0.15, -0.1) is 0 Å². The zero-order valence-electron chi connectivity index (χ0n) is 8.26. The van der Waals surface area contributed by atoms with E-state index in [4.69, 9.17) is 9.47 Å². The van der Waals surface area contributed by atoms with Gasteiger partial charge in [0, 0.05) is 5.56 Å². The van der Waals surface area contributed by atoms with Crippen molar-refractivity contribution in [2.75, 3.05) is 6.79 Å². The van der Waals surface area contributed by atoms with Gasteiger partial charge in [-0.05, 0) is 30.5 Å². The number of benzene rings is 1. The third-order valence-electron chi connectivity index (χ3n) is 2.88. The Morgan fingerprint density at radius 2 is 1.88 bits per heavy atom. The SMILES string of the molecule is O=C1c2cc3c(cc2CCC1(Br)Br)OCO3. The van der Waals surface area contributed by atoms with E-state index < -0.39 is 3.23 Å². The summed E-state index contributed by atoms with van der Waals surface area (Å²) < 4.78 is 9.95. The van der Waals surface area contributed by atoms with Crippen LogP contribution >= 0.6 is 31.9 Å². The summed E-state index contributed by atoms with van der Waals surface area (Å²) in [5, 5.41) is 0. The minimum atomic E-state index is -0.624. The van der Waals surface area contributed by atoms with Crippen LogP contribution in [0, 0.1) is 0 Å². The highest BCUT2D eigenvalue weighted by Gasteiger charge is 2.39. The monoisotopic (exact) mass is 346 g/mol. The van der Waals surface area contributed by atoms with Gasteiger partial charge in [-0.2, -0.15) is 0 Å². The van der Waals surface area contributed by atoms with Gasteiger partial charge < -0.3 is 9.47 Å². The quantitative estimate of drug-likeness (QED) is 0.677. The van der Waals surface area contributed by atoms with Gasteiger partial charge >= 0.3 is 0 Å². The smallest absolute Gasteiger partial charge is 0.231 e. The van der Waals surface area contributed by atoms with Crippen molar-refractivity contribution in [3.63, 3.8) is 0 Å². The standard InChI is InChI=1S/C11H8Br2O3/c12-11(13)2-1-6-3-8-9(16-5-15-8)4-7(6)10(11)14/h3-4H,1-2,5H2. The van der Waals surface area contributed by atoms with Gasteiger partial charge in [0.25, 0.3) is 0 Å². The summed E-state index contributed by atoms with van der Waals surface area (Å²) in [6.07, 6.45) is 1.58. The molecule has 0 amide bonds. The average Bonchev–Trinajstić information content (AvgIpc) is 2.69. The molecule has 0 spiro atoms. The number of aryl methyl sites for hydroxylation is 1. The van der Waals surface area contributed by atoms with Crippen LogP contribution in [0.3, 0.4) is 0 Å². The molecule has 3 rings (SSSR count). The fourth-order valence-corrected chi connectivity index (χ4v) is 2.83. The van der Waals surface area contributed by atoms with Crippen molar-refractivity contribution >= 4 is 37.6 Å². The van der Waals surface area contributed by atoms with Crippen molar-refractivity contribution in [3.05, 3.63) is 23.3 Å². The maximum absolute atomic E-state index is 12.1. The summed E-state index contributed by atoms with van der Waals surface area (Å²) in [7, 11) is 0. The lowest BCUT2D eigenvalue weighted by Gasteiger charge is -2.26. The molecule has 0 radical (unpaired) electrons. The molecular formula is C11H8Br2O3. The first kappa shape index (κ1) is 10.6. The van der Waals surface area contributed by atoms with Crippen molar-refractivity contribution in [2.45, 2.75) is 16.1 Å². The molecule has 0 saturated carbocycles. The van der Waals surface area contributed by atoms with Crippen LogP contribution < -0.4 is 9.47 Å². The Morgan fingerprint density at radius 3 is 2.62 bits per heavy atom. The summed E-state index contributed by atoms with van der Waals surface area (Å²) in [6, 6.07) is 3.68. The Hall–Kier alpha value is -0.550. The van der Waals surface area contributed by atoms with Crippen molar-refractivity contribution in [3.8, 4) is 11.5 Å². The lowest BCUT2D eigenvalue weighted by molar-refractivity contribution is 0.0972. The maximum Gasteiger partial charge on any atom is 0.231 e. The van der Waals surface area contributed by atoms with Crippen LogP contribution in [0.2, 0.25) is 0 Å². The molecule has 1 heterocycles. The number of fused-ring (bicyclic) bond motifs is 2. The van der Waals surface area contributed by atoms with Gasteiger partial charge in [-0.3, -0.25) is 4.79 Å². The van der Waals surface area contributed by atoms with Gasteiger partial charge in [-0.25, -0.2) is 0 Å². The molecule has 0 fully saturated rings. The van der Waals surface area contributed by atoms with Crippen LogP contribution in [0.1, 0.15) is 22.3 Å². The van der Waals surface area contributed by atoms with Crippen molar-refractivity contribution in [1.29, 1.82) is 0 Å². The first-order valence-corrected chi connectivity index (χ1v) is 6.52. The second-order valence-corrected chi connectivity index (χ2v) is 7.67. The molecule has 1 aliphatic carbocycles. The highest BCUT2D eigenvalue weighted by Crippen LogP contribution is 2.44. The van der Waals surface area contributed by atoms with E-state index in [2.05, 4.69) is 31.9 Å². The third kappa shape index (κ3) is 1.49. The summed E-state index contributed by atoms with van der Waals surface area (Å²) >= 11 is 6.81. The lowest BCUT2D eigenvalue weighted by Crippen LogP contribution is -2.30. The van der Waals surface area contributed by atoms with Gasteiger partial charge in [0.2, 0.25) is 6.79 Å². The van der Waals surface area contributed by atoms with E-state index in [1.807, 2.05) is 6.07 Å². The molecule has 0 bridgehead atoms. The van der Waals surface area contributed by atoms with Gasteiger partial charge in [0.15, 0.2) is 17.3 Å². The Bertz CT molecular complexity index is 482. The summed E-state index contributed by atoms with van der Waals surface area (Å²) in [5.41, 5.74) is 1.74. The Morgan fingerprint density at radius 1 is 1.19 bits per heavy atom. The molecule has 84 valence electrons. The molecule has 1 aromatic rings. The number of rotatable bonds is 0. The number of hydrogen-bond donors (Lipinski definition) is 0. The van der Waals surface area contributed by atoms with Crippen LogP contribution in [0.5, 0.6) is 11.5 Å². The second-order valence-electron chi connectivity index (χ2n) is 3.90. The normalized spacial score (nSPS) is 20.8. The van der Waals surface area contributed by atoms with E-state index in [0.29, 0.717) is 11.3 Å². The van der Waals surface area contributed by atoms with Gasteiger partial charge in [0.1, 0.15) is 3.23 Å². The second kappa shape index (κ2) is 3.47. The van der Waals surface area contributed by atoms with Crippen LogP contribution in [-0.2, 0) is 6.42 Å². The van der Waals surface area contributed by atoms with Gasteiger partial charge in [0.05, 0.1) is 0 Å². The predicted molar refractivity (Wildman–Crippen MR) is 65.8 cm³/mol. The fourth-order valence-electron chi connectivity index (χ4n) is 2.00. The Balaban J connectivity index is 2.14. The largest absolute Gasteiger partial charge is 0.454 e. The highest BCUT2D eigenvalue weighted by atomic mass is 79.9. The molecule has 16 heavy (non-hydrogen) atoms. The number of ketones is 1. The van der Waals surface area contributed by atoms with Crippen LogP contribution in [0.25, 0.3) is 0 Å². The molecule has 0 N–H and O–H groups in total. The van der Waals surface area contributed by atoms with Gasteiger partial charge in [-0.1, -0.05) is 31.9 Å². The van der Waals surface area contributed by atoms with Crippen LogP contribution in [0.15, 0.2) is 12.1 Å². The summed E-state index contributed by atoms with van der Waals surface area (Å²) in [6.45, 7) is 0.236. The van der Waals surface area contributed by atoms with E-state index in [-0.39, 0.29) is 12.6 Å². The number of carbonyl (C=O) groups is 1. The zero-order valence-corrected chi connectivity index (χ0v) is 11.4. The molecule has 0 aromatic heterocycles. The zero-order chi connectivity index (χ0) is 11.3. The first-order valence-electron chi connectivity index (χ1n) is 4.93. The van der Waals surface area contributed by atoms with E-state index in [9.17, 15) is 4.79 Å². The molecule has 0 unspecified atom stereocenters. The van der Waals surface area contributed by atoms with Crippen LogP contribution in [0.4, 0.5) is 0 Å². The van der Waals surface area contributed by atoms with E-state index in [1.54, 1.807) is 6.07 Å². The number of alkyl halides is 2. The predicted octanol–water partition coefficient (Wildman–Crippen LogP) is 3.03. The molecule has 3 nitrogen and oxygen atoms in total. The Labute approximate surface area is 109 Å². The maximum atomic E-state index is 12.1. The molecular weight excluding hydrogens is 340 g/mol. The average molecular weight is 348 g/mol. The number of Topliss-reactive ketones (excluding diaryl/α,β-unsaturated/α-hetero) is 1. The van der Waals surface area contributed by atoms with E-state index in [0.717, 1.165) is 24.2 Å². The molecule has 0 saturated heterocycles. The lowest BCUT2D eigenvalue weighted by atomic mass is 9.90. The first-order chi connectivity index (χ1) is 7.58. The minimum Gasteiger partial charge on any atom is -0.454 e. The van der Waals surface area contributed by atoms with Crippen molar-refractivity contribution < 1.29 is 14.3 Å². The highest BCUT2D eigenvalue weighted by molar-refractivity contribution is 9.26. The number of hydrogen-bond acceptors (Lipinski definition) is 3. The van der Waals surface area contributed by atoms with Crippen LogP contribution in [-0.4, -0.2) is 15.8 Å². The summed E-state index contributed by atoms with van der Waals surface area (Å²) in [5.74, 6) is 1.44. The topological polar surface area (TPSA) is 35.5 Å². The minimum absolute atomic E-state index is 0.0482. The number of halogens is 2. The molecule has 0 atom stereocenters. The summed E-state index contributed by atoms with van der Waals surface area (Å²) in [4.78, 5) is 12.1. The van der Waals surface area contributed by atoms with E-state index >= 15 is 0 Å². The molecule has 1 aromatic carbocycles.